The van der Waals surface area contributed by atoms with E-state index < -0.39 is 0 Å². The summed E-state index contributed by atoms with van der Waals surface area (Å²) in [4.78, 5) is 14.2. The Morgan fingerprint density at radius 2 is 1.84 bits per heavy atom. The molecule has 10 nitrogen and oxygen atoms in total. The van der Waals surface area contributed by atoms with Crippen molar-refractivity contribution >= 4 is 5.95 Å². The van der Waals surface area contributed by atoms with Gasteiger partial charge in [-0.15, -0.1) is 5.10 Å². The number of nitriles is 1. The maximum atomic E-state index is 9.37. The third-order valence-corrected chi connectivity index (χ3v) is 6.37. The Balaban J connectivity index is 1.47. The normalized spacial score (nSPS) is 17.0. The van der Waals surface area contributed by atoms with Crippen LogP contribution >= 0.6 is 0 Å². The molecule has 188 valence electrons. The summed E-state index contributed by atoms with van der Waals surface area (Å²) in [7, 11) is 3.38. The van der Waals surface area contributed by atoms with Crippen molar-refractivity contribution in [2.75, 3.05) is 19.5 Å². The Bertz CT molecular complexity index is 1410. The van der Waals surface area contributed by atoms with Crippen molar-refractivity contribution < 1.29 is 9.47 Å². The first-order valence-corrected chi connectivity index (χ1v) is 12.2. The second-order valence-electron chi connectivity index (χ2n) is 8.97. The van der Waals surface area contributed by atoms with Crippen molar-refractivity contribution in [3.05, 3.63) is 71.7 Å². The van der Waals surface area contributed by atoms with Crippen LogP contribution in [-0.2, 0) is 22.6 Å². The second kappa shape index (κ2) is 11.2. The van der Waals surface area contributed by atoms with Gasteiger partial charge in [-0.05, 0) is 49.6 Å². The molecule has 0 amide bonds. The maximum Gasteiger partial charge on any atom is 0.224 e. The summed E-state index contributed by atoms with van der Waals surface area (Å²) in [6, 6.07) is 17.4. The summed E-state index contributed by atoms with van der Waals surface area (Å²) in [6.45, 7) is 0.920. The van der Waals surface area contributed by atoms with E-state index in [1.54, 1.807) is 25.0 Å². The van der Waals surface area contributed by atoms with E-state index in [-0.39, 0.29) is 12.1 Å². The lowest BCUT2D eigenvalue weighted by atomic mass is 10.1. The average molecular weight is 497 g/mol. The van der Waals surface area contributed by atoms with Gasteiger partial charge in [0.15, 0.2) is 0 Å². The molecule has 0 bridgehead atoms. The molecule has 1 aromatic carbocycles. The molecule has 4 aromatic rings. The minimum Gasteiger partial charge on any atom is -0.379 e. The van der Waals surface area contributed by atoms with Crippen LogP contribution in [0.15, 0.2) is 54.7 Å². The van der Waals surface area contributed by atoms with Crippen molar-refractivity contribution in [3.63, 3.8) is 0 Å². The largest absolute Gasteiger partial charge is 0.379 e. The summed E-state index contributed by atoms with van der Waals surface area (Å²) in [6.07, 6.45) is 5.02. The lowest BCUT2D eigenvalue weighted by Crippen LogP contribution is -2.30. The van der Waals surface area contributed by atoms with Crippen molar-refractivity contribution in [1.29, 1.82) is 5.26 Å². The first-order valence-electron chi connectivity index (χ1n) is 12.2. The zero-order valence-corrected chi connectivity index (χ0v) is 20.8. The second-order valence-corrected chi connectivity index (χ2v) is 8.97. The van der Waals surface area contributed by atoms with E-state index in [1.165, 1.54) is 0 Å². The van der Waals surface area contributed by atoms with Gasteiger partial charge in [-0.1, -0.05) is 23.4 Å². The Hall–Kier alpha value is -4.20. The lowest BCUT2D eigenvalue weighted by Gasteiger charge is -2.20. The molecular formula is C27H28N8O2. The fourth-order valence-electron chi connectivity index (χ4n) is 4.58. The fourth-order valence-corrected chi connectivity index (χ4v) is 4.58. The molecule has 37 heavy (non-hydrogen) atoms. The van der Waals surface area contributed by atoms with Crippen molar-refractivity contribution in [1.82, 2.24) is 29.9 Å². The van der Waals surface area contributed by atoms with Crippen LogP contribution in [0.3, 0.4) is 0 Å². The van der Waals surface area contributed by atoms with Crippen molar-refractivity contribution in [2.45, 2.75) is 44.6 Å². The average Bonchev–Trinajstić information content (AvgIpc) is 3.58. The minimum atomic E-state index is 0.111. The number of hydrogen-bond acceptors (Lipinski definition) is 9. The highest BCUT2D eigenvalue weighted by atomic mass is 16.5. The van der Waals surface area contributed by atoms with E-state index in [9.17, 15) is 5.26 Å². The molecule has 3 aromatic heterocycles. The van der Waals surface area contributed by atoms with E-state index in [2.05, 4.69) is 26.7 Å². The highest BCUT2D eigenvalue weighted by Crippen LogP contribution is 2.28. The Labute approximate surface area is 215 Å². The number of methoxy groups -OCH3 is 2. The molecule has 0 spiro atoms. The van der Waals surface area contributed by atoms with Crippen molar-refractivity contribution in [2.24, 2.45) is 0 Å². The predicted octanol–water partition coefficient (Wildman–Crippen LogP) is 3.84. The van der Waals surface area contributed by atoms with Crippen LogP contribution < -0.4 is 5.32 Å². The van der Waals surface area contributed by atoms with Crippen LogP contribution in [0, 0.1) is 11.3 Å². The number of aromatic nitrogens is 6. The fraction of sp³-hybridized carbons (Fsp3) is 0.333. The van der Waals surface area contributed by atoms with Gasteiger partial charge in [0, 0.05) is 19.8 Å². The highest BCUT2D eigenvalue weighted by molar-refractivity contribution is 5.68. The number of nitrogens with zero attached hydrogens (tertiary/aromatic N) is 7. The van der Waals surface area contributed by atoms with E-state index in [0.717, 1.165) is 36.2 Å². The molecule has 0 unspecified atom stereocenters. The summed E-state index contributed by atoms with van der Waals surface area (Å²) in [5.41, 5.74) is 5.05. The number of hydrogen-bond donors (Lipinski definition) is 1. The quantitative estimate of drug-likeness (QED) is 0.368. The first-order chi connectivity index (χ1) is 18.1. The molecule has 3 heterocycles. The van der Waals surface area contributed by atoms with Crippen LogP contribution in [0.2, 0.25) is 0 Å². The third-order valence-electron chi connectivity index (χ3n) is 6.37. The smallest absolute Gasteiger partial charge is 0.224 e. The molecule has 10 heteroatoms. The number of anilines is 1. The van der Waals surface area contributed by atoms with Gasteiger partial charge in [0.2, 0.25) is 5.95 Å². The predicted molar refractivity (Wildman–Crippen MR) is 137 cm³/mol. The Kier molecular flexibility index (Phi) is 7.44. The number of pyridine rings is 1. The van der Waals surface area contributed by atoms with Crippen LogP contribution in [0.4, 0.5) is 5.95 Å². The molecular weight excluding hydrogens is 468 g/mol. The molecule has 1 saturated carbocycles. The van der Waals surface area contributed by atoms with Crippen LogP contribution in [0.5, 0.6) is 0 Å². The summed E-state index contributed by atoms with van der Waals surface area (Å²) >= 11 is 0. The maximum absolute atomic E-state index is 9.37. The van der Waals surface area contributed by atoms with Gasteiger partial charge in [-0.3, -0.25) is 4.98 Å². The molecule has 0 aliphatic heterocycles. The zero-order valence-electron chi connectivity index (χ0n) is 20.8. The summed E-state index contributed by atoms with van der Waals surface area (Å²) in [5, 5.41) is 21.5. The van der Waals surface area contributed by atoms with Gasteiger partial charge < -0.3 is 14.8 Å². The lowest BCUT2D eigenvalue weighted by molar-refractivity contribution is 0.101. The highest BCUT2D eigenvalue weighted by Gasteiger charge is 2.28. The van der Waals surface area contributed by atoms with Gasteiger partial charge >= 0.3 is 0 Å². The van der Waals surface area contributed by atoms with E-state index >= 15 is 0 Å². The number of nitrogens with one attached hydrogen (secondary N) is 1. The number of benzene rings is 1. The van der Waals surface area contributed by atoms with E-state index in [4.69, 9.17) is 19.4 Å². The molecule has 1 aliphatic rings. The van der Waals surface area contributed by atoms with Crippen LogP contribution in [-0.4, -0.2) is 56.3 Å². The first kappa shape index (κ1) is 24.5. The van der Waals surface area contributed by atoms with Crippen LogP contribution in [0.1, 0.15) is 36.2 Å². The molecule has 1 N–H and O–H groups in total. The molecule has 5 rings (SSSR count). The molecule has 0 saturated heterocycles. The number of ether oxygens (including phenoxy) is 2. The number of rotatable bonds is 9. The van der Waals surface area contributed by atoms with Gasteiger partial charge in [0.05, 0.1) is 65.9 Å². The monoisotopic (exact) mass is 496 g/mol. The third kappa shape index (κ3) is 5.80. The van der Waals surface area contributed by atoms with Crippen LogP contribution in [0.25, 0.3) is 22.6 Å². The van der Waals surface area contributed by atoms with Gasteiger partial charge in [0.1, 0.15) is 5.69 Å². The Morgan fingerprint density at radius 3 is 2.68 bits per heavy atom. The van der Waals surface area contributed by atoms with Gasteiger partial charge in [-0.2, -0.15) is 5.26 Å². The molecule has 1 fully saturated rings. The minimum absolute atomic E-state index is 0.111. The zero-order chi connectivity index (χ0) is 25.6. The van der Waals surface area contributed by atoms with E-state index in [1.807, 2.05) is 48.7 Å². The standard InChI is InChI=1S/C27H28N8O2/c1-36-17-21-9-4-8-20(29-21)15-35-16-25(33-34-35)24-13-23(19-7-3-6-18(12-19)14-28)31-27(32-24)30-22-10-5-11-26(22)37-2/h3-4,6-9,12-13,16,22,26H,5,10-11,15,17H2,1-2H3,(H,30,31,32)/t22-,26-/m1/s1. The molecule has 0 radical (unpaired) electrons. The molecule has 1 aliphatic carbocycles. The Morgan fingerprint density at radius 1 is 1.00 bits per heavy atom. The van der Waals surface area contributed by atoms with Crippen molar-refractivity contribution in [3.8, 4) is 28.7 Å². The summed E-state index contributed by atoms with van der Waals surface area (Å²) in [5.74, 6) is 0.493. The van der Waals surface area contributed by atoms with E-state index in [0.29, 0.717) is 41.7 Å². The topological polar surface area (TPSA) is 124 Å². The summed E-state index contributed by atoms with van der Waals surface area (Å²) < 4.78 is 12.6. The molecule has 2 atom stereocenters. The van der Waals surface area contributed by atoms with Gasteiger partial charge in [0.25, 0.3) is 0 Å². The van der Waals surface area contributed by atoms with Gasteiger partial charge in [-0.25, -0.2) is 14.6 Å². The SMILES string of the molecule is COCc1cccc(Cn2cc(-c3cc(-c4cccc(C#N)c4)nc(N[C@@H]4CCC[C@H]4OC)n3)nn2)n1.